The fourth-order valence-corrected chi connectivity index (χ4v) is 3.52. The summed E-state index contributed by atoms with van der Waals surface area (Å²) in [7, 11) is 0. The fourth-order valence-electron chi connectivity index (χ4n) is 1.50. The highest BCUT2D eigenvalue weighted by molar-refractivity contribution is 8.01. The van der Waals surface area contributed by atoms with Crippen LogP contribution in [0.25, 0.3) is 0 Å². The van der Waals surface area contributed by atoms with Crippen molar-refractivity contribution in [3.8, 4) is 6.07 Å². The van der Waals surface area contributed by atoms with Crippen molar-refractivity contribution in [1.82, 2.24) is 5.32 Å². The van der Waals surface area contributed by atoms with Gasteiger partial charge in [0.2, 0.25) is 0 Å². The third-order valence-corrected chi connectivity index (χ3v) is 4.33. The molecule has 4 heteroatoms. The van der Waals surface area contributed by atoms with E-state index >= 15 is 0 Å². The maximum atomic E-state index is 9.17. The summed E-state index contributed by atoms with van der Waals surface area (Å²) in [5.74, 6) is 0.976. The van der Waals surface area contributed by atoms with Crippen molar-refractivity contribution < 1.29 is 0 Å². The Kier molecular flexibility index (Phi) is 5.33. The fraction of sp³-hybridized carbons (Fsp3) is 0.583. The van der Waals surface area contributed by atoms with Gasteiger partial charge in [-0.05, 0) is 38.6 Å². The van der Waals surface area contributed by atoms with Crippen LogP contribution in [0.1, 0.15) is 27.2 Å². The molecule has 0 saturated carbocycles. The molecule has 16 heavy (non-hydrogen) atoms. The molecule has 0 fully saturated rings. The van der Waals surface area contributed by atoms with Crippen molar-refractivity contribution in [3.05, 3.63) is 17.5 Å². The van der Waals surface area contributed by atoms with E-state index in [0.717, 1.165) is 12.2 Å². The minimum atomic E-state index is -0.404. The molecule has 1 unspecified atom stereocenters. The third kappa shape index (κ3) is 4.56. The van der Waals surface area contributed by atoms with Crippen LogP contribution in [0.15, 0.2) is 21.7 Å². The van der Waals surface area contributed by atoms with Crippen molar-refractivity contribution in [2.24, 2.45) is 0 Å². The average molecular weight is 254 g/mol. The van der Waals surface area contributed by atoms with Gasteiger partial charge in [0.1, 0.15) is 5.54 Å². The highest BCUT2D eigenvalue weighted by Crippen LogP contribution is 2.25. The molecule has 1 aromatic heterocycles. The number of thiophene rings is 1. The number of nitrogens with zero attached hydrogens (tertiary/aromatic N) is 1. The SMILES string of the molecule is CC(C)NC(C)(C#N)CCSc1cccs1. The van der Waals surface area contributed by atoms with E-state index in [0.29, 0.717) is 6.04 Å². The Balaban J connectivity index is 2.37. The number of rotatable bonds is 6. The first-order valence-corrected chi connectivity index (χ1v) is 7.27. The summed E-state index contributed by atoms with van der Waals surface area (Å²) in [6, 6.07) is 6.89. The van der Waals surface area contributed by atoms with E-state index in [-0.39, 0.29) is 0 Å². The minimum Gasteiger partial charge on any atom is -0.297 e. The lowest BCUT2D eigenvalue weighted by Crippen LogP contribution is -2.45. The van der Waals surface area contributed by atoms with E-state index in [2.05, 4.69) is 42.7 Å². The lowest BCUT2D eigenvalue weighted by molar-refractivity contribution is 0.397. The molecule has 1 rings (SSSR count). The average Bonchev–Trinajstić information content (AvgIpc) is 2.69. The Hall–Kier alpha value is -0.500. The van der Waals surface area contributed by atoms with Crippen LogP contribution in [0.5, 0.6) is 0 Å². The van der Waals surface area contributed by atoms with E-state index in [9.17, 15) is 5.26 Å². The van der Waals surface area contributed by atoms with Gasteiger partial charge in [-0.3, -0.25) is 5.32 Å². The van der Waals surface area contributed by atoms with Crippen LogP contribution in [0, 0.1) is 11.3 Å². The van der Waals surface area contributed by atoms with Gasteiger partial charge in [-0.2, -0.15) is 5.26 Å². The molecular weight excluding hydrogens is 236 g/mol. The first-order valence-electron chi connectivity index (χ1n) is 5.41. The predicted octanol–water partition coefficient (Wildman–Crippen LogP) is 3.51. The quantitative estimate of drug-likeness (QED) is 0.789. The van der Waals surface area contributed by atoms with Crippen LogP contribution in [0.4, 0.5) is 0 Å². The normalized spacial score (nSPS) is 14.7. The second-order valence-electron chi connectivity index (χ2n) is 4.27. The molecule has 0 aliphatic carbocycles. The van der Waals surface area contributed by atoms with Gasteiger partial charge in [-0.1, -0.05) is 6.07 Å². The van der Waals surface area contributed by atoms with Crippen molar-refractivity contribution in [3.63, 3.8) is 0 Å². The molecule has 0 bridgehead atoms. The molecule has 1 aromatic rings. The standard InChI is InChI=1S/C12H18N2S2/c1-10(2)14-12(3,9-13)6-8-16-11-5-4-7-15-11/h4-5,7,10,14H,6,8H2,1-3H3. The van der Waals surface area contributed by atoms with Gasteiger partial charge >= 0.3 is 0 Å². The van der Waals surface area contributed by atoms with Gasteiger partial charge in [0, 0.05) is 11.8 Å². The van der Waals surface area contributed by atoms with E-state index in [4.69, 9.17) is 0 Å². The van der Waals surface area contributed by atoms with Gasteiger partial charge in [0.05, 0.1) is 10.3 Å². The Labute approximate surface area is 106 Å². The second-order valence-corrected chi connectivity index (χ2v) is 6.62. The van der Waals surface area contributed by atoms with Crippen molar-refractivity contribution in [1.29, 1.82) is 5.26 Å². The Morgan fingerprint density at radius 2 is 2.38 bits per heavy atom. The Morgan fingerprint density at radius 3 is 2.88 bits per heavy atom. The molecule has 1 atom stereocenters. The van der Waals surface area contributed by atoms with Crippen LogP contribution in [-0.2, 0) is 0 Å². The molecule has 0 aliphatic rings. The largest absolute Gasteiger partial charge is 0.297 e. The Morgan fingerprint density at radius 1 is 1.62 bits per heavy atom. The van der Waals surface area contributed by atoms with Crippen LogP contribution < -0.4 is 5.32 Å². The summed E-state index contributed by atoms with van der Waals surface area (Å²) in [6.07, 6.45) is 0.865. The Bertz CT molecular complexity index is 340. The number of nitrogens with one attached hydrogen (secondary N) is 1. The second kappa shape index (κ2) is 6.29. The molecule has 2 nitrogen and oxygen atoms in total. The van der Waals surface area contributed by atoms with E-state index < -0.39 is 5.54 Å². The molecule has 88 valence electrons. The topological polar surface area (TPSA) is 35.8 Å². The summed E-state index contributed by atoms with van der Waals surface area (Å²) in [5.41, 5.74) is -0.404. The smallest absolute Gasteiger partial charge is 0.104 e. The zero-order valence-electron chi connectivity index (χ0n) is 9.99. The van der Waals surface area contributed by atoms with Gasteiger partial charge < -0.3 is 0 Å². The molecule has 1 heterocycles. The summed E-state index contributed by atoms with van der Waals surface area (Å²) >= 11 is 3.58. The number of nitriles is 1. The van der Waals surface area contributed by atoms with Crippen molar-refractivity contribution in [2.45, 2.75) is 43.0 Å². The van der Waals surface area contributed by atoms with Crippen LogP contribution >= 0.6 is 23.1 Å². The summed E-state index contributed by atoms with van der Waals surface area (Å²) in [6.45, 7) is 6.12. The van der Waals surface area contributed by atoms with E-state index in [1.165, 1.54) is 4.21 Å². The molecule has 0 spiro atoms. The summed E-state index contributed by atoms with van der Waals surface area (Å²) < 4.78 is 1.32. The van der Waals surface area contributed by atoms with Crippen molar-refractivity contribution >= 4 is 23.1 Å². The number of hydrogen-bond acceptors (Lipinski definition) is 4. The van der Waals surface area contributed by atoms with Crippen LogP contribution in [-0.4, -0.2) is 17.3 Å². The molecule has 1 N–H and O–H groups in total. The number of hydrogen-bond donors (Lipinski definition) is 1. The lowest BCUT2D eigenvalue weighted by Gasteiger charge is -2.25. The monoisotopic (exact) mass is 254 g/mol. The van der Waals surface area contributed by atoms with E-state index in [1.54, 1.807) is 11.3 Å². The first-order chi connectivity index (χ1) is 7.56. The van der Waals surface area contributed by atoms with Gasteiger partial charge in [-0.15, -0.1) is 23.1 Å². The summed E-state index contributed by atoms with van der Waals surface area (Å²) in [4.78, 5) is 0. The highest BCUT2D eigenvalue weighted by atomic mass is 32.2. The molecule has 0 saturated heterocycles. The van der Waals surface area contributed by atoms with Crippen LogP contribution in [0.3, 0.4) is 0 Å². The minimum absolute atomic E-state index is 0.344. The van der Waals surface area contributed by atoms with Gasteiger partial charge in [0.15, 0.2) is 0 Å². The predicted molar refractivity (Wildman–Crippen MR) is 71.9 cm³/mol. The first kappa shape index (κ1) is 13.6. The molecule has 0 amide bonds. The molecular formula is C12H18N2S2. The maximum absolute atomic E-state index is 9.17. The molecule has 0 aromatic carbocycles. The van der Waals surface area contributed by atoms with Gasteiger partial charge in [-0.25, -0.2) is 0 Å². The lowest BCUT2D eigenvalue weighted by atomic mass is 10.0. The van der Waals surface area contributed by atoms with Crippen LogP contribution in [0.2, 0.25) is 0 Å². The highest BCUT2D eigenvalue weighted by Gasteiger charge is 2.23. The van der Waals surface area contributed by atoms with Crippen molar-refractivity contribution in [2.75, 3.05) is 5.75 Å². The third-order valence-electron chi connectivity index (χ3n) is 2.20. The zero-order chi connectivity index (χ0) is 12.0. The zero-order valence-corrected chi connectivity index (χ0v) is 11.6. The maximum Gasteiger partial charge on any atom is 0.104 e. The number of thioether (sulfide) groups is 1. The van der Waals surface area contributed by atoms with Gasteiger partial charge in [0.25, 0.3) is 0 Å². The molecule has 0 radical (unpaired) electrons. The van der Waals surface area contributed by atoms with E-state index in [1.807, 2.05) is 18.7 Å². The summed E-state index contributed by atoms with van der Waals surface area (Å²) in [5, 5.41) is 14.6. The molecule has 0 aliphatic heterocycles.